The van der Waals surface area contributed by atoms with Crippen molar-refractivity contribution >= 4 is 33.4 Å². The van der Waals surface area contributed by atoms with Crippen molar-refractivity contribution in [2.24, 2.45) is 0 Å². The van der Waals surface area contributed by atoms with Crippen molar-refractivity contribution in [2.75, 3.05) is 4.90 Å². The summed E-state index contributed by atoms with van der Waals surface area (Å²) in [5, 5.41) is 23.7. The first-order valence-electron chi connectivity index (χ1n) is 6.81. The zero-order valence-electron chi connectivity index (χ0n) is 11.6. The van der Waals surface area contributed by atoms with E-state index in [2.05, 4.69) is 11.0 Å². The third-order valence-corrected chi connectivity index (χ3v) is 5.67. The van der Waals surface area contributed by atoms with Gasteiger partial charge in [-0.1, -0.05) is 6.07 Å². The van der Waals surface area contributed by atoms with Crippen LogP contribution in [0, 0.1) is 10.1 Å². The van der Waals surface area contributed by atoms with Crippen LogP contribution < -0.4 is 4.90 Å². The Morgan fingerprint density at radius 2 is 2.33 bits per heavy atom. The summed E-state index contributed by atoms with van der Waals surface area (Å²) in [7, 11) is 0. The molecule has 21 heavy (non-hydrogen) atoms. The van der Waals surface area contributed by atoms with Gasteiger partial charge in [-0.3, -0.25) is 10.1 Å². The predicted molar refractivity (Wildman–Crippen MR) is 85.1 cm³/mol. The van der Waals surface area contributed by atoms with E-state index in [0.717, 1.165) is 12.8 Å². The van der Waals surface area contributed by atoms with Gasteiger partial charge in [0.25, 0.3) is 0 Å². The number of nitrogens with zero attached hydrogens (tertiary/aromatic N) is 2. The maximum atomic E-state index is 11.3. The largest absolute Gasteiger partial charge is 0.388 e. The SMILES string of the molecule is C[C@H](O)c1cc([N+](=O)[O-])c(N(Cc2cccs2)C2CC2)s1. The molecule has 0 aliphatic heterocycles. The maximum Gasteiger partial charge on any atom is 0.304 e. The zero-order chi connectivity index (χ0) is 15.0. The van der Waals surface area contributed by atoms with Gasteiger partial charge < -0.3 is 10.0 Å². The molecule has 2 aromatic rings. The molecule has 1 N–H and O–H groups in total. The van der Waals surface area contributed by atoms with Crippen LogP contribution >= 0.6 is 22.7 Å². The van der Waals surface area contributed by atoms with E-state index in [0.29, 0.717) is 22.5 Å². The molecule has 112 valence electrons. The summed E-state index contributed by atoms with van der Waals surface area (Å²) in [6.07, 6.45) is 1.47. The second-order valence-electron chi connectivity index (χ2n) is 5.21. The van der Waals surface area contributed by atoms with Crippen LogP contribution in [0.4, 0.5) is 10.7 Å². The molecule has 0 amide bonds. The van der Waals surface area contributed by atoms with Crippen molar-refractivity contribution in [3.63, 3.8) is 0 Å². The van der Waals surface area contributed by atoms with Crippen molar-refractivity contribution in [3.8, 4) is 0 Å². The fraction of sp³-hybridized carbons (Fsp3) is 0.429. The molecule has 0 radical (unpaired) electrons. The smallest absolute Gasteiger partial charge is 0.304 e. The minimum absolute atomic E-state index is 0.111. The van der Waals surface area contributed by atoms with E-state index < -0.39 is 6.10 Å². The first kappa shape index (κ1) is 14.5. The van der Waals surface area contributed by atoms with Crippen LogP contribution in [0.1, 0.15) is 35.6 Å². The number of anilines is 1. The summed E-state index contributed by atoms with van der Waals surface area (Å²) < 4.78 is 0. The summed E-state index contributed by atoms with van der Waals surface area (Å²) in [5.74, 6) is 0. The highest BCUT2D eigenvalue weighted by molar-refractivity contribution is 7.16. The first-order chi connectivity index (χ1) is 10.1. The number of aliphatic hydroxyl groups excluding tert-OH is 1. The Bertz CT molecular complexity index is 633. The number of nitro groups is 1. The number of hydrogen-bond donors (Lipinski definition) is 1. The number of aliphatic hydroxyl groups is 1. The highest BCUT2D eigenvalue weighted by Crippen LogP contribution is 2.45. The Hall–Kier alpha value is -1.44. The van der Waals surface area contributed by atoms with E-state index in [9.17, 15) is 15.2 Å². The molecule has 0 saturated heterocycles. The molecule has 1 aliphatic rings. The summed E-state index contributed by atoms with van der Waals surface area (Å²) in [5.41, 5.74) is 0.111. The summed E-state index contributed by atoms with van der Waals surface area (Å²) in [4.78, 5) is 14.9. The lowest BCUT2D eigenvalue weighted by atomic mass is 10.3. The van der Waals surface area contributed by atoms with E-state index in [4.69, 9.17) is 0 Å². The normalized spacial score (nSPS) is 15.9. The van der Waals surface area contributed by atoms with Gasteiger partial charge in [0.15, 0.2) is 5.00 Å². The number of thiophene rings is 2. The average Bonchev–Trinajstić information content (AvgIpc) is 2.98. The van der Waals surface area contributed by atoms with Crippen LogP contribution in [-0.4, -0.2) is 16.1 Å². The van der Waals surface area contributed by atoms with Crippen molar-refractivity contribution in [1.29, 1.82) is 0 Å². The molecular formula is C14H16N2O3S2. The summed E-state index contributed by atoms with van der Waals surface area (Å²) in [6, 6.07) is 5.94. The first-order valence-corrected chi connectivity index (χ1v) is 8.51. The Kier molecular flexibility index (Phi) is 3.97. The Balaban J connectivity index is 1.96. The van der Waals surface area contributed by atoms with E-state index in [1.54, 1.807) is 18.3 Å². The molecule has 7 heteroatoms. The van der Waals surface area contributed by atoms with Crippen LogP contribution in [0.3, 0.4) is 0 Å². The van der Waals surface area contributed by atoms with Crippen LogP contribution in [0.2, 0.25) is 0 Å². The van der Waals surface area contributed by atoms with Crippen molar-refractivity contribution in [2.45, 2.75) is 38.5 Å². The lowest BCUT2D eigenvalue weighted by Gasteiger charge is -2.21. The Morgan fingerprint density at radius 3 is 2.86 bits per heavy atom. The molecule has 2 aromatic heterocycles. The average molecular weight is 324 g/mol. The lowest BCUT2D eigenvalue weighted by Crippen LogP contribution is -2.24. The van der Waals surface area contributed by atoms with Gasteiger partial charge in [-0.25, -0.2) is 0 Å². The highest BCUT2D eigenvalue weighted by Gasteiger charge is 2.35. The molecular weight excluding hydrogens is 308 g/mol. The van der Waals surface area contributed by atoms with E-state index in [-0.39, 0.29) is 10.6 Å². The molecule has 5 nitrogen and oxygen atoms in total. The third kappa shape index (κ3) is 3.09. The Morgan fingerprint density at radius 1 is 1.57 bits per heavy atom. The van der Waals surface area contributed by atoms with Gasteiger partial charge in [-0.15, -0.1) is 22.7 Å². The quantitative estimate of drug-likeness (QED) is 0.645. The van der Waals surface area contributed by atoms with E-state index in [1.807, 2.05) is 11.4 Å². The number of rotatable bonds is 6. The van der Waals surface area contributed by atoms with Crippen LogP contribution in [0.5, 0.6) is 0 Å². The minimum atomic E-state index is -0.676. The molecule has 3 rings (SSSR count). The molecule has 1 saturated carbocycles. The third-order valence-electron chi connectivity index (χ3n) is 3.48. The Labute approximate surface area is 130 Å². The van der Waals surface area contributed by atoms with E-state index in [1.165, 1.54) is 22.3 Å². The standard InChI is InChI=1S/C14H16N2O3S2/c1-9(17)13-7-12(16(18)19)14(21-13)15(10-4-5-10)8-11-3-2-6-20-11/h2-3,6-7,9-10,17H,4-5,8H2,1H3/t9-/m0/s1. The van der Waals surface area contributed by atoms with E-state index >= 15 is 0 Å². The predicted octanol–water partition coefficient (Wildman–Crippen LogP) is 3.94. The van der Waals surface area contributed by atoms with Crippen LogP contribution in [0.15, 0.2) is 23.6 Å². The maximum absolute atomic E-state index is 11.3. The molecule has 1 atom stereocenters. The number of hydrogen-bond acceptors (Lipinski definition) is 6. The zero-order valence-corrected chi connectivity index (χ0v) is 13.2. The molecule has 0 aromatic carbocycles. The highest BCUT2D eigenvalue weighted by atomic mass is 32.1. The van der Waals surface area contributed by atoms with Crippen LogP contribution in [0.25, 0.3) is 0 Å². The van der Waals surface area contributed by atoms with Gasteiger partial charge in [-0.05, 0) is 31.2 Å². The molecule has 0 unspecified atom stereocenters. The second-order valence-corrected chi connectivity index (χ2v) is 7.31. The van der Waals surface area contributed by atoms with Crippen molar-refractivity contribution < 1.29 is 10.0 Å². The molecule has 1 aliphatic carbocycles. The molecule has 2 heterocycles. The van der Waals surface area contributed by atoms with Gasteiger partial charge in [0.1, 0.15) is 0 Å². The van der Waals surface area contributed by atoms with Gasteiger partial charge in [0, 0.05) is 21.9 Å². The summed E-state index contributed by atoms with van der Waals surface area (Å²) in [6.45, 7) is 2.34. The van der Waals surface area contributed by atoms with Gasteiger partial charge in [0.2, 0.25) is 0 Å². The molecule has 0 bridgehead atoms. The topological polar surface area (TPSA) is 66.6 Å². The second kappa shape index (κ2) is 5.75. The fourth-order valence-electron chi connectivity index (χ4n) is 2.26. The van der Waals surface area contributed by atoms with Gasteiger partial charge >= 0.3 is 5.69 Å². The minimum Gasteiger partial charge on any atom is -0.388 e. The monoisotopic (exact) mass is 324 g/mol. The lowest BCUT2D eigenvalue weighted by molar-refractivity contribution is -0.383. The summed E-state index contributed by atoms with van der Waals surface area (Å²) >= 11 is 3.00. The van der Waals surface area contributed by atoms with Gasteiger partial charge in [-0.2, -0.15) is 0 Å². The van der Waals surface area contributed by atoms with Gasteiger partial charge in [0.05, 0.1) is 17.6 Å². The fourth-order valence-corrected chi connectivity index (χ4v) is 4.09. The molecule has 0 spiro atoms. The van der Waals surface area contributed by atoms with Crippen LogP contribution in [-0.2, 0) is 6.54 Å². The molecule has 1 fully saturated rings. The van der Waals surface area contributed by atoms with Crippen molar-refractivity contribution in [1.82, 2.24) is 0 Å². The van der Waals surface area contributed by atoms with Crippen molar-refractivity contribution in [3.05, 3.63) is 43.4 Å².